The molecule has 0 N–H and O–H groups in total. The van der Waals surface area contributed by atoms with Crippen LogP contribution in [0.15, 0.2) is 84.9 Å². The largest absolute Gasteiger partial charge is 2.00 e. The first kappa shape index (κ1) is 20.7. The third-order valence-corrected chi connectivity index (χ3v) is 4.68. The van der Waals surface area contributed by atoms with E-state index in [1.165, 1.54) is 21.5 Å². The van der Waals surface area contributed by atoms with E-state index in [0.29, 0.717) is 0 Å². The van der Waals surface area contributed by atoms with Crippen LogP contribution in [-0.2, 0) is 42.1 Å². The fraction of sp³-hybridized carbons (Fsp3) is 0. The number of rotatable bonds is 2. The van der Waals surface area contributed by atoms with Crippen LogP contribution in [0.4, 0.5) is 0 Å². The van der Waals surface area contributed by atoms with Crippen molar-refractivity contribution >= 4 is 21.5 Å². The number of hydrogen-bond acceptors (Lipinski definition) is 0. The van der Waals surface area contributed by atoms with Crippen molar-refractivity contribution in [3.05, 3.63) is 109 Å². The first-order valence-electron chi connectivity index (χ1n) is 8.62. The fourth-order valence-electron chi connectivity index (χ4n) is 3.26. The van der Waals surface area contributed by atoms with Gasteiger partial charge >= 0.3 is 42.1 Å². The van der Waals surface area contributed by atoms with Gasteiger partial charge in [-0.2, -0.15) is 24.3 Å². The summed E-state index contributed by atoms with van der Waals surface area (Å²) >= 11 is 0. The molecule has 2 heteroatoms. The number of benzene rings is 5. The molecule has 0 spiro atoms. The van der Waals surface area contributed by atoms with Crippen molar-refractivity contribution < 1.29 is 42.1 Å². The van der Waals surface area contributed by atoms with E-state index in [9.17, 15) is 0 Å². The van der Waals surface area contributed by atoms with Crippen molar-refractivity contribution in [1.29, 1.82) is 0 Å². The van der Waals surface area contributed by atoms with E-state index in [2.05, 4.69) is 72.8 Å². The monoisotopic (exact) mass is 694 g/mol. The molecule has 0 nitrogen and oxygen atoms in total. The van der Waals surface area contributed by atoms with Gasteiger partial charge in [0, 0.05) is 0 Å². The van der Waals surface area contributed by atoms with Crippen LogP contribution in [0.3, 0.4) is 0 Å². The fourth-order valence-corrected chi connectivity index (χ4v) is 3.26. The van der Waals surface area contributed by atoms with Crippen molar-refractivity contribution in [2.24, 2.45) is 0 Å². The molecule has 0 atom stereocenters. The van der Waals surface area contributed by atoms with E-state index < -0.39 is 0 Å². The first-order valence-corrected chi connectivity index (χ1v) is 8.62. The van der Waals surface area contributed by atoms with Crippen LogP contribution in [0.5, 0.6) is 0 Å². The zero-order chi connectivity index (χ0) is 17.3. The van der Waals surface area contributed by atoms with Crippen molar-refractivity contribution in [3.63, 3.8) is 0 Å². The molecule has 0 bridgehead atoms. The molecule has 5 aromatic rings. The Morgan fingerprint density at radius 3 is 1.14 bits per heavy atom. The average Bonchev–Trinajstić information content (AvgIpc) is 2.73. The van der Waals surface area contributed by atoms with Gasteiger partial charge < -0.3 is 0 Å². The second-order valence-corrected chi connectivity index (χ2v) is 6.36. The van der Waals surface area contributed by atoms with Crippen LogP contribution in [0.2, 0.25) is 0 Å². The first-order chi connectivity index (χ1) is 12.9. The smallest absolute Gasteiger partial charge is 0.247 e. The number of fused-ring (bicyclic) bond motifs is 2. The van der Waals surface area contributed by atoms with E-state index >= 15 is 0 Å². The summed E-state index contributed by atoms with van der Waals surface area (Å²) in [6.07, 6.45) is 0. The molecule has 0 heterocycles. The van der Waals surface area contributed by atoms with E-state index in [0.717, 1.165) is 22.3 Å². The SMILES string of the molecule is [W+2].[W+2].[c-]1cc(-c2[c-]cc3ccccc3c2)[c-]cc1-c1[c-]cc2ccccc2c1. The van der Waals surface area contributed by atoms with Crippen molar-refractivity contribution in [2.75, 3.05) is 0 Å². The Morgan fingerprint density at radius 1 is 0.393 bits per heavy atom. The maximum Gasteiger partial charge on any atom is 2.00 e. The van der Waals surface area contributed by atoms with Gasteiger partial charge in [0.1, 0.15) is 0 Å². The van der Waals surface area contributed by atoms with E-state index in [-0.39, 0.29) is 42.1 Å². The van der Waals surface area contributed by atoms with Crippen LogP contribution in [0, 0.1) is 24.3 Å². The van der Waals surface area contributed by atoms with E-state index in [1.807, 2.05) is 36.4 Å². The van der Waals surface area contributed by atoms with Gasteiger partial charge in [0.15, 0.2) is 0 Å². The van der Waals surface area contributed by atoms with E-state index in [4.69, 9.17) is 0 Å². The Hall–Kier alpha value is -2.00. The summed E-state index contributed by atoms with van der Waals surface area (Å²) in [6.45, 7) is 0. The second-order valence-electron chi connectivity index (χ2n) is 6.36. The average molecular weight is 694 g/mol. The number of hydrogen-bond donors (Lipinski definition) is 0. The van der Waals surface area contributed by atoms with Gasteiger partial charge in [-0.1, -0.05) is 48.5 Å². The van der Waals surface area contributed by atoms with Crippen molar-refractivity contribution in [1.82, 2.24) is 0 Å². The Morgan fingerprint density at radius 2 is 0.750 bits per heavy atom. The molecule has 0 aliphatic heterocycles. The molecule has 0 saturated carbocycles. The van der Waals surface area contributed by atoms with Gasteiger partial charge in [-0.3, -0.25) is 0 Å². The van der Waals surface area contributed by atoms with Gasteiger partial charge in [-0.05, 0) is 0 Å². The summed E-state index contributed by atoms with van der Waals surface area (Å²) in [6, 6.07) is 42.4. The van der Waals surface area contributed by atoms with Gasteiger partial charge in [0.05, 0.1) is 0 Å². The van der Waals surface area contributed by atoms with Crippen LogP contribution in [0.25, 0.3) is 43.8 Å². The second kappa shape index (κ2) is 9.00. The maximum absolute atomic E-state index is 3.38. The normalized spacial score (nSPS) is 10.3. The Bertz CT molecular complexity index is 1130. The minimum absolute atomic E-state index is 0. The third-order valence-electron chi connectivity index (χ3n) is 4.68. The molecule has 28 heavy (non-hydrogen) atoms. The molecular formula is C26H14W2. The summed E-state index contributed by atoms with van der Waals surface area (Å²) < 4.78 is 0. The van der Waals surface area contributed by atoms with Crippen LogP contribution in [0.1, 0.15) is 0 Å². The van der Waals surface area contributed by atoms with Gasteiger partial charge in [0.25, 0.3) is 0 Å². The molecule has 0 aromatic heterocycles. The van der Waals surface area contributed by atoms with Crippen LogP contribution < -0.4 is 0 Å². The molecule has 0 amide bonds. The summed E-state index contributed by atoms with van der Waals surface area (Å²) in [5, 5.41) is 4.81. The summed E-state index contributed by atoms with van der Waals surface area (Å²) in [5.74, 6) is 0. The minimum atomic E-state index is 0. The maximum atomic E-state index is 3.38. The molecule has 0 saturated heterocycles. The molecular weight excluding hydrogens is 680 g/mol. The third kappa shape index (κ3) is 4.05. The van der Waals surface area contributed by atoms with Gasteiger partial charge in [0.2, 0.25) is 0 Å². The molecule has 0 aliphatic rings. The van der Waals surface area contributed by atoms with Crippen LogP contribution >= 0.6 is 0 Å². The zero-order valence-corrected chi connectivity index (χ0v) is 20.8. The molecule has 130 valence electrons. The predicted octanol–water partition coefficient (Wildman–Crippen LogP) is 6.52. The van der Waals surface area contributed by atoms with Crippen molar-refractivity contribution in [3.8, 4) is 22.3 Å². The molecule has 5 rings (SSSR count). The predicted molar refractivity (Wildman–Crippen MR) is 108 cm³/mol. The molecule has 0 fully saturated rings. The zero-order valence-electron chi connectivity index (χ0n) is 14.9. The quantitative estimate of drug-likeness (QED) is 0.185. The van der Waals surface area contributed by atoms with Crippen molar-refractivity contribution in [2.45, 2.75) is 0 Å². The van der Waals surface area contributed by atoms with E-state index in [1.54, 1.807) is 0 Å². The molecule has 5 aromatic carbocycles. The minimum Gasteiger partial charge on any atom is -0.247 e. The molecule has 0 unspecified atom stereocenters. The van der Waals surface area contributed by atoms with Crippen LogP contribution in [-0.4, -0.2) is 0 Å². The topological polar surface area (TPSA) is 0 Å². The molecule has 0 aliphatic carbocycles. The van der Waals surface area contributed by atoms with Gasteiger partial charge in [-0.25, -0.2) is 46.5 Å². The van der Waals surface area contributed by atoms with Gasteiger partial charge in [-0.15, -0.1) is 33.7 Å². The Labute approximate surface area is 194 Å². The Kier molecular flexibility index (Phi) is 6.66. The molecule has 0 radical (unpaired) electrons. The Balaban J connectivity index is 0.00000112. The summed E-state index contributed by atoms with van der Waals surface area (Å²) in [4.78, 5) is 0. The standard InChI is InChI=1S/C26H14.2W/c1-3-7-23-17-25(15-13-19(23)5-1)21-9-11-22(12-10-21)26-16-14-20-6-2-4-8-24(20)18-26;;/h1-9,12-14,17-18H;;/q-4;2*+2. The summed E-state index contributed by atoms with van der Waals surface area (Å²) in [7, 11) is 0. The summed E-state index contributed by atoms with van der Waals surface area (Å²) in [5.41, 5.74) is 4.07.